The van der Waals surface area contributed by atoms with Crippen LogP contribution in [0.15, 0.2) is 47.5 Å². The zero-order valence-corrected chi connectivity index (χ0v) is 15.9. The van der Waals surface area contributed by atoms with Crippen LogP contribution in [0.2, 0.25) is 0 Å². The Morgan fingerprint density at radius 1 is 1.21 bits per heavy atom. The molecule has 1 aliphatic carbocycles. The van der Waals surface area contributed by atoms with Crippen molar-refractivity contribution < 1.29 is 9.13 Å². The lowest BCUT2D eigenvalue weighted by molar-refractivity contribution is 0.472. The molecule has 0 aliphatic heterocycles. The van der Waals surface area contributed by atoms with E-state index in [0.717, 1.165) is 24.1 Å². The van der Waals surface area contributed by atoms with Crippen molar-refractivity contribution >= 4 is 5.69 Å². The number of pyridine rings is 2. The summed E-state index contributed by atoms with van der Waals surface area (Å²) < 4.78 is 22.2. The third kappa shape index (κ3) is 3.50. The topological polar surface area (TPSA) is 70.1 Å². The maximum absolute atomic E-state index is 14.8. The molecule has 1 fully saturated rings. The molecular formula is C22H22FN3O2. The highest BCUT2D eigenvalue weighted by atomic mass is 19.1. The van der Waals surface area contributed by atoms with Crippen molar-refractivity contribution in [2.24, 2.45) is 5.92 Å². The van der Waals surface area contributed by atoms with Gasteiger partial charge in [-0.15, -0.1) is 0 Å². The smallest absolute Gasteiger partial charge is 0.274 e. The van der Waals surface area contributed by atoms with Gasteiger partial charge in [-0.3, -0.25) is 9.78 Å². The fraction of sp³-hybridized carbons (Fsp3) is 0.273. The highest BCUT2D eigenvalue weighted by Gasteiger charge is 2.23. The fourth-order valence-corrected chi connectivity index (χ4v) is 3.18. The van der Waals surface area contributed by atoms with Crippen molar-refractivity contribution in [3.05, 3.63) is 70.2 Å². The molecule has 1 saturated carbocycles. The van der Waals surface area contributed by atoms with Gasteiger partial charge in [-0.05, 0) is 56.9 Å². The number of ether oxygens (including phenoxy) is 1. The van der Waals surface area contributed by atoms with Crippen molar-refractivity contribution in [1.29, 1.82) is 0 Å². The van der Waals surface area contributed by atoms with E-state index in [1.807, 2.05) is 13.8 Å². The molecule has 4 rings (SSSR count). The Bertz CT molecular complexity index is 1100. The van der Waals surface area contributed by atoms with Gasteiger partial charge in [-0.1, -0.05) is 0 Å². The standard InChI is InChI=1S/C22H22FN3O2/c1-13-14(2)25-9-7-20(13)28-16-5-6-17(19(23)11-16)18-8-10-26(12-15-3-4-15)22(27)21(18)24/h5-11,15H,3-4,12,24H2,1-2H3. The summed E-state index contributed by atoms with van der Waals surface area (Å²) in [5.74, 6) is 1.06. The van der Waals surface area contributed by atoms with Crippen LogP contribution in [-0.2, 0) is 6.54 Å². The van der Waals surface area contributed by atoms with Crippen molar-refractivity contribution in [1.82, 2.24) is 9.55 Å². The average Bonchev–Trinajstić information content (AvgIpc) is 3.48. The molecule has 28 heavy (non-hydrogen) atoms. The van der Waals surface area contributed by atoms with Crippen LogP contribution in [0.1, 0.15) is 24.1 Å². The molecule has 0 amide bonds. The van der Waals surface area contributed by atoms with Crippen LogP contribution in [0.25, 0.3) is 11.1 Å². The number of rotatable bonds is 5. The van der Waals surface area contributed by atoms with Gasteiger partial charge < -0.3 is 15.0 Å². The molecule has 0 saturated heterocycles. The molecule has 1 aliphatic rings. The first-order chi connectivity index (χ1) is 13.4. The van der Waals surface area contributed by atoms with Crippen LogP contribution >= 0.6 is 0 Å². The number of nitrogens with two attached hydrogens (primary N) is 1. The molecule has 0 atom stereocenters. The molecule has 1 aromatic carbocycles. The molecule has 0 bridgehead atoms. The summed E-state index contributed by atoms with van der Waals surface area (Å²) in [4.78, 5) is 16.7. The predicted molar refractivity (Wildman–Crippen MR) is 107 cm³/mol. The minimum Gasteiger partial charge on any atom is -0.457 e. The van der Waals surface area contributed by atoms with Gasteiger partial charge in [-0.25, -0.2) is 4.39 Å². The van der Waals surface area contributed by atoms with Crippen molar-refractivity contribution in [3.8, 4) is 22.6 Å². The quantitative estimate of drug-likeness (QED) is 0.711. The Balaban J connectivity index is 1.64. The van der Waals surface area contributed by atoms with E-state index in [0.29, 0.717) is 29.5 Å². The minimum absolute atomic E-state index is 0.0660. The lowest BCUT2D eigenvalue weighted by Crippen LogP contribution is -2.23. The van der Waals surface area contributed by atoms with Gasteiger partial charge in [-0.2, -0.15) is 0 Å². The van der Waals surface area contributed by atoms with Crippen LogP contribution in [-0.4, -0.2) is 9.55 Å². The molecule has 2 heterocycles. The third-order valence-corrected chi connectivity index (χ3v) is 5.22. The predicted octanol–water partition coefficient (Wildman–Crippen LogP) is 4.45. The van der Waals surface area contributed by atoms with E-state index in [9.17, 15) is 9.18 Å². The first kappa shape index (κ1) is 18.2. The van der Waals surface area contributed by atoms with Crippen molar-refractivity contribution in [2.45, 2.75) is 33.2 Å². The highest BCUT2D eigenvalue weighted by Crippen LogP contribution is 2.33. The largest absolute Gasteiger partial charge is 0.457 e. The highest BCUT2D eigenvalue weighted by molar-refractivity contribution is 5.76. The summed E-state index contributed by atoms with van der Waals surface area (Å²) in [5, 5.41) is 0. The summed E-state index contributed by atoms with van der Waals surface area (Å²) in [5.41, 5.74) is 8.27. The van der Waals surface area contributed by atoms with E-state index in [1.165, 1.54) is 6.07 Å². The Hall–Kier alpha value is -3.15. The van der Waals surface area contributed by atoms with Crippen molar-refractivity contribution in [2.75, 3.05) is 5.73 Å². The number of aryl methyl sites for hydroxylation is 1. The van der Waals surface area contributed by atoms with Gasteiger partial charge in [0.05, 0.1) is 0 Å². The molecule has 6 heteroatoms. The number of benzene rings is 1. The molecule has 0 unspecified atom stereocenters. The molecule has 2 N–H and O–H groups in total. The van der Waals surface area contributed by atoms with E-state index in [2.05, 4.69) is 4.98 Å². The molecular weight excluding hydrogens is 357 g/mol. The first-order valence-electron chi connectivity index (χ1n) is 9.33. The van der Waals surface area contributed by atoms with Crippen LogP contribution in [0.5, 0.6) is 11.5 Å². The van der Waals surface area contributed by atoms with Gasteiger partial charge >= 0.3 is 0 Å². The number of halogens is 1. The monoisotopic (exact) mass is 379 g/mol. The van der Waals surface area contributed by atoms with Crippen LogP contribution in [0.3, 0.4) is 0 Å². The van der Waals surface area contributed by atoms with Crippen LogP contribution in [0.4, 0.5) is 10.1 Å². The van der Waals surface area contributed by atoms with Crippen LogP contribution in [0, 0.1) is 25.6 Å². The summed E-state index contributed by atoms with van der Waals surface area (Å²) in [7, 11) is 0. The van der Waals surface area contributed by atoms with E-state index in [-0.39, 0.29) is 16.8 Å². The number of hydrogen-bond acceptors (Lipinski definition) is 4. The zero-order valence-electron chi connectivity index (χ0n) is 15.9. The van der Waals surface area contributed by atoms with Gasteiger partial charge in [0.15, 0.2) is 0 Å². The Morgan fingerprint density at radius 2 is 2.00 bits per heavy atom. The van der Waals surface area contributed by atoms with E-state index >= 15 is 0 Å². The van der Waals surface area contributed by atoms with E-state index in [4.69, 9.17) is 10.5 Å². The second-order valence-corrected chi connectivity index (χ2v) is 7.31. The number of aromatic nitrogens is 2. The molecule has 5 nitrogen and oxygen atoms in total. The lowest BCUT2D eigenvalue weighted by Gasteiger charge is -2.13. The average molecular weight is 379 g/mol. The number of nitrogens with zero attached hydrogens (tertiary/aromatic N) is 2. The van der Waals surface area contributed by atoms with Gasteiger partial charge in [0.1, 0.15) is 23.0 Å². The molecule has 2 aromatic heterocycles. The summed E-state index contributed by atoms with van der Waals surface area (Å²) in [6.07, 6.45) is 5.63. The molecule has 144 valence electrons. The first-order valence-corrected chi connectivity index (χ1v) is 9.33. The second kappa shape index (κ2) is 7.11. The molecule has 0 spiro atoms. The summed E-state index contributed by atoms with van der Waals surface area (Å²) in [6.45, 7) is 4.46. The van der Waals surface area contributed by atoms with E-state index in [1.54, 1.807) is 41.2 Å². The maximum Gasteiger partial charge on any atom is 0.274 e. The molecule has 3 aromatic rings. The Morgan fingerprint density at radius 3 is 2.71 bits per heavy atom. The normalized spacial score (nSPS) is 13.5. The van der Waals surface area contributed by atoms with Crippen molar-refractivity contribution in [3.63, 3.8) is 0 Å². The minimum atomic E-state index is -0.494. The van der Waals surface area contributed by atoms with Gasteiger partial charge in [0.2, 0.25) is 0 Å². The second-order valence-electron chi connectivity index (χ2n) is 7.31. The fourth-order valence-electron chi connectivity index (χ4n) is 3.18. The summed E-state index contributed by atoms with van der Waals surface area (Å²) in [6, 6.07) is 8.01. The summed E-state index contributed by atoms with van der Waals surface area (Å²) >= 11 is 0. The van der Waals surface area contributed by atoms with Crippen LogP contribution < -0.4 is 16.0 Å². The zero-order chi connectivity index (χ0) is 19.8. The number of anilines is 1. The Kier molecular flexibility index (Phi) is 4.63. The van der Waals surface area contributed by atoms with Gasteiger partial charge in [0.25, 0.3) is 5.56 Å². The third-order valence-electron chi connectivity index (χ3n) is 5.22. The SMILES string of the molecule is Cc1nccc(Oc2ccc(-c3ccn(CC4CC4)c(=O)c3N)c(F)c2)c1C. The number of nitrogen functional groups attached to an aromatic ring is 1. The van der Waals surface area contributed by atoms with Gasteiger partial charge in [0, 0.05) is 47.4 Å². The maximum atomic E-state index is 14.8. The Labute approximate surface area is 162 Å². The van der Waals surface area contributed by atoms with E-state index < -0.39 is 5.82 Å². The number of hydrogen-bond donors (Lipinski definition) is 1. The lowest BCUT2D eigenvalue weighted by atomic mass is 10.0. The molecule has 0 radical (unpaired) electrons.